The van der Waals surface area contributed by atoms with Crippen LogP contribution in [-0.2, 0) is 28.2 Å². The molecule has 34 heavy (non-hydrogen) atoms. The highest BCUT2D eigenvalue weighted by molar-refractivity contribution is 5.80. The first kappa shape index (κ1) is 23.7. The summed E-state index contributed by atoms with van der Waals surface area (Å²) in [5.74, 6) is 1.16. The van der Waals surface area contributed by atoms with Crippen LogP contribution in [0.3, 0.4) is 0 Å². The van der Waals surface area contributed by atoms with Gasteiger partial charge in [0.25, 0.3) is 0 Å². The maximum Gasteiger partial charge on any atom is 0.231 e. The Labute approximate surface area is 199 Å². The highest BCUT2D eigenvalue weighted by Crippen LogP contribution is 2.31. The number of nitrogens with zero attached hydrogens (tertiary/aromatic N) is 6. The number of aromatic amines is 1. The van der Waals surface area contributed by atoms with Gasteiger partial charge in [-0.3, -0.25) is 0 Å². The normalized spacial score (nSPS) is 11.8. The lowest BCUT2D eigenvalue weighted by atomic mass is 9.98. The third-order valence-electron chi connectivity index (χ3n) is 5.91. The summed E-state index contributed by atoms with van der Waals surface area (Å²) < 4.78 is 13.4. The number of nitrogens with one attached hydrogen (secondary N) is 1. The number of aromatic nitrogens is 7. The average molecular weight is 462 g/mol. The molecule has 0 aliphatic rings. The summed E-state index contributed by atoms with van der Waals surface area (Å²) in [6, 6.07) is 16.5. The van der Waals surface area contributed by atoms with E-state index in [0.29, 0.717) is 24.6 Å². The third-order valence-corrected chi connectivity index (χ3v) is 5.91. The van der Waals surface area contributed by atoms with Crippen LogP contribution in [0.1, 0.15) is 50.3 Å². The average Bonchev–Trinajstić information content (AvgIpc) is 3.55. The summed E-state index contributed by atoms with van der Waals surface area (Å²) >= 11 is 0. The molecule has 0 fully saturated rings. The van der Waals surface area contributed by atoms with Crippen molar-refractivity contribution in [2.75, 3.05) is 14.2 Å². The lowest BCUT2D eigenvalue weighted by molar-refractivity contribution is -0.225. The van der Waals surface area contributed by atoms with E-state index >= 15 is 0 Å². The van der Waals surface area contributed by atoms with Gasteiger partial charge >= 0.3 is 0 Å². The van der Waals surface area contributed by atoms with Gasteiger partial charge in [0.05, 0.1) is 6.54 Å². The van der Waals surface area contributed by atoms with E-state index in [0.717, 1.165) is 47.3 Å². The molecule has 2 aromatic carbocycles. The van der Waals surface area contributed by atoms with Crippen LogP contribution in [0.4, 0.5) is 0 Å². The summed E-state index contributed by atoms with van der Waals surface area (Å²) in [7, 11) is 3.29. The van der Waals surface area contributed by atoms with Crippen molar-refractivity contribution in [2.24, 2.45) is 0 Å². The van der Waals surface area contributed by atoms with Crippen LogP contribution in [0.25, 0.3) is 22.5 Å². The van der Waals surface area contributed by atoms with Crippen LogP contribution < -0.4 is 0 Å². The number of ether oxygens (including phenoxy) is 2. The molecule has 0 bridgehead atoms. The van der Waals surface area contributed by atoms with Gasteiger partial charge < -0.3 is 9.47 Å². The number of rotatable bonds is 11. The van der Waals surface area contributed by atoms with E-state index in [2.05, 4.69) is 64.8 Å². The molecule has 9 heteroatoms. The molecular weight excluding hydrogens is 430 g/mol. The predicted molar refractivity (Wildman–Crippen MR) is 129 cm³/mol. The van der Waals surface area contributed by atoms with Gasteiger partial charge in [-0.1, -0.05) is 68.8 Å². The Morgan fingerprint density at radius 2 is 1.68 bits per heavy atom. The van der Waals surface area contributed by atoms with Crippen LogP contribution >= 0.6 is 0 Å². The van der Waals surface area contributed by atoms with Crippen LogP contribution in [0.15, 0.2) is 48.5 Å². The van der Waals surface area contributed by atoms with Crippen LogP contribution in [-0.4, -0.2) is 49.6 Å². The number of methoxy groups -OCH3 is 2. The zero-order valence-corrected chi connectivity index (χ0v) is 20.2. The Balaban J connectivity index is 1.62. The Kier molecular flexibility index (Phi) is 7.44. The fourth-order valence-electron chi connectivity index (χ4n) is 4.15. The summed E-state index contributed by atoms with van der Waals surface area (Å²) in [6.45, 7) is 4.85. The molecule has 0 atom stereocenters. The van der Waals surface area contributed by atoms with Gasteiger partial charge in [-0.25, -0.2) is 9.67 Å². The smallest absolute Gasteiger partial charge is 0.231 e. The Bertz CT molecular complexity index is 1180. The number of benzene rings is 2. The second-order valence-electron chi connectivity index (χ2n) is 8.15. The molecule has 0 amide bonds. The van der Waals surface area contributed by atoms with Gasteiger partial charge in [0.1, 0.15) is 5.82 Å². The molecule has 2 aromatic heterocycles. The fraction of sp³-hybridized carbons (Fsp3) is 0.400. The van der Waals surface area contributed by atoms with E-state index < -0.39 is 5.79 Å². The van der Waals surface area contributed by atoms with Crippen molar-refractivity contribution in [2.45, 2.75) is 51.9 Å². The monoisotopic (exact) mass is 461 g/mol. The number of tetrazole rings is 1. The van der Waals surface area contributed by atoms with Crippen molar-refractivity contribution >= 4 is 0 Å². The largest absolute Gasteiger partial charge is 0.347 e. The molecule has 178 valence electrons. The van der Waals surface area contributed by atoms with Crippen molar-refractivity contribution in [1.29, 1.82) is 0 Å². The van der Waals surface area contributed by atoms with Gasteiger partial charge in [0.2, 0.25) is 17.4 Å². The lowest BCUT2D eigenvalue weighted by Crippen LogP contribution is -2.32. The summed E-state index contributed by atoms with van der Waals surface area (Å²) in [5, 5.41) is 19.3. The predicted octanol–water partition coefficient (Wildman–Crippen LogP) is 4.37. The third kappa shape index (κ3) is 4.76. The molecule has 2 heterocycles. The zero-order valence-electron chi connectivity index (χ0n) is 20.2. The van der Waals surface area contributed by atoms with Gasteiger partial charge in [-0.2, -0.15) is 5.21 Å². The highest BCUT2D eigenvalue weighted by Gasteiger charge is 2.36. The topological polar surface area (TPSA) is 104 Å². The van der Waals surface area contributed by atoms with E-state index in [9.17, 15) is 0 Å². The first-order chi connectivity index (χ1) is 16.6. The Morgan fingerprint density at radius 3 is 2.29 bits per heavy atom. The molecule has 0 unspecified atom stereocenters. The van der Waals surface area contributed by atoms with Crippen molar-refractivity contribution in [1.82, 2.24) is 35.4 Å². The molecule has 4 aromatic rings. The molecule has 0 aliphatic carbocycles. The van der Waals surface area contributed by atoms with Crippen LogP contribution in [0.2, 0.25) is 0 Å². The molecule has 4 rings (SSSR count). The molecule has 0 aliphatic heterocycles. The van der Waals surface area contributed by atoms with Crippen molar-refractivity contribution in [3.8, 4) is 22.5 Å². The molecule has 0 spiro atoms. The molecular formula is C25H31N7O2. The quantitative estimate of drug-likeness (QED) is 0.331. The van der Waals surface area contributed by atoms with Gasteiger partial charge in [0.15, 0.2) is 0 Å². The van der Waals surface area contributed by atoms with Crippen LogP contribution in [0, 0.1) is 0 Å². The van der Waals surface area contributed by atoms with E-state index in [1.54, 1.807) is 14.2 Å². The van der Waals surface area contributed by atoms with Gasteiger partial charge in [-0.15, -0.1) is 15.3 Å². The molecule has 0 saturated carbocycles. The van der Waals surface area contributed by atoms with E-state index in [4.69, 9.17) is 19.6 Å². The standard InChI is InChI=1S/C25H31N7O2/c1-5-9-22-26-24(25(33-3,34-4)16-6-2)29-32(22)17-18-12-14-19(15-13-18)20-10-7-8-11-21(20)23-27-30-31-28-23/h7-8,10-15H,5-6,9,16-17H2,1-4H3,(H,27,28,30,31). The summed E-state index contributed by atoms with van der Waals surface area (Å²) in [6.07, 6.45) is 3.39. The molecule has 0 radical (unpaired) electrons. The van der Waals surface area contributed by atoms with Gasteiger partial charge in [-0.05, 0) is 28.3 Å². The fourth-order valence-corrected chi connectivity index (χ4v) is 4.15. The molecule has 9 nitrogen and oxygen atoms in total. The Hall–Kier alpha value is -3.43. The number of hydrogen-bond donors (Lipinski definition) is 1. The molecule has 1 N–H and O–H groups in total. The zero-order chi connectivity index (χ0) is 24.0. The number of H-pyrrole nitrogens is 1. The lowest BCUT2D eigenvalue weighted by Gasteiger charge is -2.27. The maximum atomic E-state index is 5.74. The molecule has 0 saturated heterocycles. The maximum absolute atomic E-state index is 5.74. The number of aryl methyl sites for hydroxylation is 1. The number of hydrogen-bond acceptors (Lipinski definition) is 7. The SMILES string of the molecule is CCCc1nc(C(CCC)(OC)OC)nn1Cc1ccc(-c2ccccc2-c2nn[nH]n2)cc1. The first-order valence-corrected chi connectivity index (χ1v) is 11.6. The van der Waals surface area contributed by atoms with Gasteiger partial charge in [0, 0.05) is 32.6 Å². The Morgan fingerprint density at radius 1 is 0.941 bits per heavy atom. The summed E-state index contributed by atoms with van der Waals surface area (Å²) in [5.41, 5.74) is 4.19. The van der Waals surface area contributed by atoms with Crippen molar-refractivity contribution in [3.05, 3.63) is 65.7 Å². The first-order valence-electron chi connectivity index (χ1n) is 11.6. The van der Waals surface area contributed by atoms with E-state index in [1.807, 2.05) is 22.9 Å². The summed E-state index contributed by atoms with van der Waals surface area (Å²) in [4.78, 5) is 4.81. The second-order valence-corrected chi connectivity index (χ2v) is 8.15. The van der Waals surface area contributed by atoms with E-state index in [1.165, 1.54) is 0 Å². The minimum Gasteiger partial charge on any atom is -0.347 e. The van der Waals surface area contributed by atoms with Crippen molar-refractivity contribution in [3.63, 3.8) is 0 Å². The van der Waals surface area contributed by atoms with Crippen LogP contribution in [0.5, 0.6) is 0 Å². The second kappa shape index (κ2) is 10.7. The highest BCUT2D eigenvalue weighted by atomic mass is 16.7. The van der Waals surface area contributed by atoms with E-state index in [-0.39, 0.29) is 0 Å². The minimum absolute atomic E-state index is 0.575. The van der Waals surface area contributed by atoms with Crippen molar-refractivity contribution < 1.29 is 9.47 Å². The minimum atomic E-state index is -0.925.